The van der Waals surface area contributed by atoms with Gasteiger partial charge in [0.25, 0.3) is 0 Å². The Morgan fingerprint density at radius 3 is 2.30 bits per heavy atom. The van der Waals surface area contributed by atoms with E-state index in [-0.39, 0.29) is 29.1 Å². The molecule has 1 aliphatic heterocycles. The molecule has 0 radical (unpaired) electrons. The molecule has 2 rings (SSSR count). The summed E-state index contributed by atoms with van der Waals surface area (Å²) in [5.41, 5.74) is 4.58. The first-order valence-corrected chi connectivity index (χ1v) is 6.87. The zero-order valence-corrected chi connectivity index (χ0v) is 12.4. The number of ether oxygens (including phenoxy) is 1. The molecule has 3 unspecified atom stereocenters. The molecule has 2 fully saturated rings. The van der Waals surface area contributed by atoms with E-state index in [9.17, 15) is 14.4 Å². The maximum absolute atomic E-state index is 12.1. The van der Waals surface area contributed by atoms with Crippen molar-refractivity contribution in [2.24, 2.45) is 23.0 Å². The molecule has 0 aromatic carbocycles. The van der Waals surface area contributed by atoms with Crippen LogP contribution in [0.3, 0.4) is 0 Å². The van der Waals surface area contributed by atoms with E-state index in [2.05, 4.69) is 4.74 Å². The molecular formula is C14H22N2O4. The van der Waals surface area contributed by atoms with Crippen molar-refractivity contribution in [1.29, 1.82) is 0 Å². The quantitative estimate of drug-likeness (QED) is 0.578. The fraction of sp³-hybridized carbons (Fsp3) is 0.786. The standard InChI is InChI=1S/C14H22N2O4/c1-13(2)8-9(13)11(18)16(10(8)17)7-5-6-14(3,15)12(19)20-4/h8-9H,5-7,15H2,1-4H3. The van der Waals surface area contributed by atoms with Gasteiger partial charge >= 0.3 is 5.97 Å². The zero-order valence-electron chi connectivity index (χ0n) is 12.4. The van der Waals surface area contributed by atoms with Gasteiger partial charge in [0.05, 0.1) is 18.9 Å². The number of likely N-dealkylation sites (tertiary alicyclic amines) is 1. The number of esters is 1. The Morgan fingerprint density at radius 2 is 1.85 bits per heavy atom. The number of imide groups is 1. The summed E-state index contributed by atoms with van der Waals surface area (Å²) < 4.78 is 4.62. The number of piperidine rings is 1. The lowest BCUT2D eigenvalue weighted by Crippen LogP contribution is -2.46. The van der Waals surface area contributed by atoms with Crippen molar-refractivity contribution >= 4 is 17.8 Å². The largest absolute Gasteiger partial charge is 0.468 e. The number of rotatable bonds is 5. The number of carbonyl (C=O) groups excluding carboxylic acids is 3. The lowest BCUT2D eigenvalue weighted by atomic mass is 9.97. The Kier molecular flexibility index (Phi) is 3.40. The number of methoxy groups -OCH3 is 1. The number of fused-ring (bicyclic) bond motifs is 1. The SMILES string of the molecule is COC(=O)C(C)(N)CCCN1C(=O)C2C(C1=O)C2(C)C. The molecule has 0 aromatic rings. The molecule has 112 valence electrons. The lowest BCUT2D eigenvalue weighted by Gasteiger charge is -2.24. The van der Waals surface area contributed by atoms with Gasteiger partial charge in [-0.25, -0.2) is 0 Å². The van der Waals surface area contributed by atoms with Crippen LogP contribution in [0.5, 0.6) is 0 Å². The highest BCUT2D eigenvalue weighted by molar-refractivity contribution is 6.10. The molecule has 2 aliphatic rings. The van der Waals surface area contributed by atoms with Gasteiger partial charge in [0.1, 0.15) is 5.54 Å². The molecule has 6 heteroatoms. The number of hydrogen-bond acceptors (Lipinski definition) is 5. The smallest absolute Gasteiger partial charge is 0.325 e. The van der Waals surface area contributed by atoms with Crippen LogP contribution in [0.15, 0.2) is 0 Å². The van der Waals surface area contributed by atoms with Crippen LogP contribution in [0, 0.1) is 17.3 Å². The molecule has 1 aliphatic carbocycles. The molecule has 20 heavy (non-hydrogen) atoms. The van der Waals surface area contributed by atoms with Crippen LogP contribution < -0.4 is 5.73 Å². The van der Waals surface area contributed by atoms with Crippen LogP contribution in [0.1, 0.15) is 33.6 Å². The van der Waals surface area contributed by atoms with Gasteiger partial charge in [0.15, 0.2) is 0 Å². The van der Waals surface area contributed by atoms with Crippen LogP contribution in [0.25, 0.3) is 0 Å². The molecule has 2 amide bonds. The summed E-state index contributed by atoms with van der Waals surface area (Å²) in [6.45, 7) is 5.81. The Morgan fingerprint density at radius 1 is 1.35 bits per heavy atom. The minimum absolute atomic E-state index is 0.0817. The van der Waals surface area contributed by atoms with Crippen LogP contribution in [-0.2, 0) is 19.1 Å². The van der Waals surface area contributed by atoms with Gasteiger partial charge in [0.2, 0.25) is 11.8 Å². The summed E-state index contributed by atoms with van der Waals surface area (Å²) >= 11 is 0. The van der Waals surface area contributed by atoms with Crippen LogP contribution in [-0.4, -0.2) is 41.9 Å². The van der Waals surface area contributed by atoms with Gasteiger partial charge in [-0.2, -0.15) is 0 Å². The molecule has 3 atom stereocenters. The van der Waals surface area contributed by atoms with Gasteiger partial charge in [-0.1, -0.05) is 13.8 Å². The summed E-state index contributed by atoms with van der Waals surface area (Å²) in [6, 6.07) is 0. The van der Waals surface area contributed by atoms with Crippen LogP contribution >= 0.6 is 0 Å². The Hall–Kier alpha value is -1.43. The maximum Gasteiger partial charge on any atom is 0.325 e. The number of nitrogens with zero attached hydrogens (tertiary/aromatic N) is 1. The van der Waals surface area contributed by atoms with Crippen LogP contribution in [0.2, 0.25) is 0 Å². The zero-order chi connectivity index (χ0) is 15.3. The van der Waals surface area contributed by atoms with Crippen molar-refractivity contribution in [2.45, 2.75) is 39.2 Å². The molecule has 0 aromatic heterocycles. The first-order valence-electron chi connectivity index (χ1n) is 6.87. The van der Waals surface area contributed by atoms with E-state index in [0.717, 1.165) is 0 Å². The second kappa shape index (κ2) is 4.55. The van der Waals surface area contributed by atoms with Crippen LogP contribution in [0.4, 0.5) is 0 Å². The molecule has 1 heterocycles. The molecule has 0 spiro atoms. The van der Waals surface area contributed by atoms with E-state index < -0.39 is 11.5 Å². The van der Waals surface area contributed by atoms with E-state index in [4.69, 9.17) is 5.73 Å². The third-order valence-corrected chi connectivity index (χ3v) is 4.62. The molecule has 0 bridgehead atoms. The summed E-state index contributed by atoms with van der Waals surface area (Å²) in [7, 11) is 1.29. The average Bonchev–Trinajstić information content (AvgIpc) is 2.83. The normalized spacial score (nSPS) is 29.9. The molecule has 2 N–H and O–H groups in total. The molecule has 1 saturated carbocycles. The highest BCUT2D eigenvalue weighted by atomic mass is 16.5. The fourth-order valence-electron chi connectivity index (χ4n) is 3.16. The summed E-state index contributed by atoms with van der Waals surface area (Å²) in [4.78, 5) is 37.0. The van der Waals surface area contributed by atoms with E-state index in [1.807, 2.05) is 13.8 Å². The molecule has 6 nitrogen and oxygen atoms in total. The highest BCUT2D eigenvalue weighted by Crippen LogP contribution is 2.63. The van der Waals surface area contributed by atoms with Crippen molar-refractivity contribution in [1.82, 2.24) is 4.90 Å². The predicted molar refractivity (Wildman–Crippen MR) is 71.3 cm³/mol. The van der Waals surface area contributed by atoms with Gasteiger partial charge in [0, 0.05) is 6.54 Å². The van der Waals surface area contributed by atoms with Crippen molar-refractivity contribution in [3.05, 3.63) is 0 Å². The average molecular weight is 282 g/mol. The van der Waals surface area contributed by atoms with Crippen molar-refractivity contribution in [3.63, 3.8) is 0 Å². The Labute approximate surface area is 118 Å². The Bertz CT molecular complexity index is 446. The van der Waals surface area contributed by atoms with Gasteiger partial charge < -0.3 is 10.5 Å². The van der Waals surface area contributed by atoms with E-state index >= 15 is 0 Å². The Balaban J connectivity index is 1.87. The molecular weight excluding hydrogens is 260 g/mol. The first kappa shape index (κ1) is 15.0. The first-order chi connectivity index (χ1) is 9.14. The van der Waals surface area contributed by atoms with Gasteiger partial charge in [-0.05, 0) is 25.2 Å². The fourth-order valence-corrected chi connectivity index (χ4v) is 3.16. The molecule has 1 saturated heterocycles. The van der Waals surface area contributed by atoms with Crippen molar-refractivity contribution in [2.75, 3.05) is 13.7 Å². The topological polar surface area (TPSA) is 89.7 Å². The number of nitrogens with two attached hydrogens (primary N) is 1. The van der Waals surface area contributed by atoms with Crippen molar-refractivity contribution < 1.29 is 19.1 Å². The summed E-state index contributed by atoms with van der Waals surface area (Å²) in [6.07, 6.45) is 0.870. The van der Waals surface area contributed by atoms with E-state index in [1.165, 1.54) is 12.0 Å². The number of hydrogen-bond donors (Lipinski definition) is 1. The monoisotopic (exact) mass is 282 g/mol. The van der Waals surface area contributed by atoms with Gasteiger partial charge in [-0.3, -0.25) is 19.3 Å². The van der Waals surface area contributed by atoms with Gasteiger partial charge in [-0.15, -0.1) is 0 Å². The second-order valence-corrected chi connectivity index (χ2v) is 6.62. The van der Waals surface area contributed by atoms with Crippen molar-refractivity contribution in [3.8, 4) is 0 Å². The van der Waals surface area contributed by atoms with E-state index in [0.29, 0.717) is 19.4 Å². The predicted octanol–water partition coefficient (Wildman–Crippen LogP) is 0.298. The minimum Gasteiger partial charge on any atom is -0.468 e. The minimum atomic E-state index is -1.08. The maximum atomic E-state index is 12.1. The number of carbonyl (C=O) groups is 3. The summed E-state index contributed by atoms with van der Waals surface area (Å²) in [5, 5.41) is 0. The number of amides is 2. The third-order valence-electron chi connectivity index (χ3n) is 4.62. The van der Waals surface area contributed by atoms with E-state index in [1.54, 1.807) is 6.92 Å². The second-order valence-electron chi connectivity index (χ2n) is 6.62. The third kappa shape index (κ3) is 2.12. The summed E-state index contributed by atoms with van der Waals surface area (Å²) in [5.74, 6) is -0.955. The highest BCUT2D eigenvalue weighted by Gasteiger charge is 2.72. The lowest BCUT2D eigenvalue weighted by molar-refractivity contribution is -0.146.